The van der Waals surface area contributed by atoms with Gasteiger partial charge in [0.2, 0.25) is 0 Å². The minimum absolute atomic E-state index is 0.0295. The van der Waals surface area contributed by atoms with E-state index in [1.54, 1.807) is 0 Å². The number of hydrogen-bond acceptors (Lipinski definition) is 6. The monoisotopic (exact) mass is 395 g/mol. The third-order valence-electron chi connectivity index (χ3n) is 3.88. The summed E-state index contributed by atoms with van der Waals surface area (Å²) < 4.78 is 65.9. The molecule has 0 aliphatic carbocycles. The summed E-state index contributed by atoms with van der Waals surface area (Å²) in [4.78, 5) is -1.06. The maximum absolute atomic E-state index is 11.8. The fourth-order valence-corrected chi connectivity index (χ4v) is 4.22. The van der Waals surface area contributed by atoms with E-state index in [0.29, 0.717) is 0 Å². The molecular formula is C16H13NO7S2. The van der Waals surface area contributed by atoms with Crippen LogP contribution in [0.15, 0.2) is 58.3 Å². The van der Waals surface area contributed by atoms with Crippen molar-refractivity contribution in [2.24, 2.45) is 0 Å². The summed E-state index contributed by atoms with van der Waals surface area (Å²) in [6, 6.07) is 10.2. The van der Waals surface area contributed by atoms with Crippen LogP contribution in [-0.4, -0.2) is 31.0 Å². The Balaban J connectivity index is 2.56. The van der Waals surface area contributed by atoms with Crippen LogP contribution in [0.25, 0.3) is 21.9 Å². The number of anilines is 1. The van der Waals surface area contributed by atoms with Gasteiger partial charge in [-0.15, -0.1) is 0 Å². The van der Waals surface area contributed by atoms with E-state index in [1.807, 2.05) is 0 Å². The van der Waals surface area contributed by atoms with Gasteiger partial charge in [-0.3, -0.25) is 9.11 Å². The van der Waals surface area contributed by atoms with Gasteiger partial charge in [0.1, 0.15) is 15.5 Å². The van der Waals surface area contributed by atoms with Gasteiger partial charge in [-0.05, 0) is 18.2 Å². The minimum atomic E-state index is -4.72. The molecule has 0 heterocycles. The molecule has 3 rings (SSSR count). The van der Waals surface area contributed by atoms with E-state index < -0.39 is 30.0 Å². The van der Waals surface area contributed by atoms with Crippen molar-refractivity contribution in [3.05, 3.63) is 48.5 Å². The Bertz CT molecular complexity index is 1250. The van der Waals surface area contributed by atoms with Crippen molar-refractivity contribution in [1.29, 1.82) is 0 Å². The van der Waals surface area contributed by atoms with E-state index >= 15 is 0 Å². The lowest BCUT2D eigenvalue weighted by atomic mass is 9.98. The third-order valence-corrected chi connectivity index (χ3v) is 5.68. The lowest BCUT2D eigenvalue weighted by Crippen LogP contribution is -2.05. The molecule has 0 saturated heterocycles. The SMILES string of the molecule is Nc1c(-c2ccccc2S(=O)(=O)O)cc(S(=O)(=O)O)c2cccc(O)c12. The predicted octanol–water partition coefficient (Wildman–Crippen LogP) is 2.29. The molecule has 5 N–H and O–H groups in total. The average molecular weight is 395 g/mol. The van der Waals surface area contributed by atoms with Gasteiger partial charge >= 0.3 is 0 Å². The Kier molecular flexibility index (Phi) is 4.15. The number of phenols is 1. The molecule has 0 spiro atoms. The predicted molar refractivity (Wildman–Crippen MR) is 95.1 cm³/mol. The van der Waals surface area contributed by atoms with Crippen LogP contribution >= 0.6 is 0 Å². The average Bonchev–Trinajstić information content (AvgIpc) is 2.53. The summed E-state index contributed by atoms with van der Waals surface area (Å²) in [6.07, 6.45) is 0. The number of rotatable bonds is 3. The van der Waals surface area contributed by atoms with Gasteiger partial charge < -0.3 is 10.8 Å². The van der Waals surface area contributed by atoms with E-state index in [9.17, 15) is 31.0 Å². The van der Waals surface area contributed by atoms with Crippen molar-refractivity contribution in [3.8, 4) is 16.9 Å². The van der Waals surface area contributed by atoms with E-state index in [0.717, 1.165) is 12.1 Å². The Morgan fingerprint density at radius 3 is 2.00 bits per heavy atom. The summed E-state index contributed by atoms with van der Waals surface area (Å²) in [6.45, 7) is 0. The van der Waals surface area contributed by atoms with Gasteiger partial charge in [-0.25, -0.2) is 0 Å². The van der Waals surface area contributed by atoms with Crippen molar-refractivity contribution < 1.29 is 31.0 Å². The zero-order valence-corrected chi connectivity index (χ0v) is 14.6. The second kappa shape index (κ2) is 5.95. The maximum atomic E-state index is 11.8. The molecule has 0 aromatic heterocycles. The first-order valence-electron chi connectivity index (χ1n) is 7.10. The van der Waals surface area contributed by atoms with Gasteiger partial charge in [0, 0.05) is 21.9 Å². The summed E-state index contributed by atoms with van der Waals surface area (Å²) in [7, 11) is -9.36. The number of benzene rings is 3. The normalized spacial score (nSPS) is 12.4. The lowest BCUT2D eigenvalue weighted by Gasteiger charge is -2.15. The quantitative estimate of drug-likeness (QED) is 0.389. The largest absolute Gasteiger partial charge is 0.507 e. The Hall–Kier alpha value is -2.66. The molecule has 0 unspecified atom stereocenters. The molecule has 0 aliphatic rings. The van der Waals surface area contributed by atoms with Crippen LogP contribution in [0.3, 0.4) is 0 Å². The van der Waals surface area contributed by atoms with Gasteiger partial charge in [0.05, 0.1) is 5.69 Å². The second-order valence-corrected chi connectivity index (χ2v) is 8.26. The van der Waals surface area contributed by atoms with Gasteiger partial charge in [-0.2, -0.15) is 16.8 Å². The van der Waals surface area contributed by atoms with Gasteiger partial charge in [0.25, 0.3) is 20.2 Å². The zero-order valence-electron chi connectivity index (χ0n) is 13.0. The molecule has 0 aliphatic heterocycles. The first-order valence-corrected chi connectivity index (χ1v) is 9.98. The Morgan fingerprint density at radius 2 is 1.38 bits per heavy atom. The molecule has 136 valence electrons. The number of aromatic hydroxyl groups is 1. The van der Waals surface area contributed by atoms with Crippen LogP contribution in [0, 0.1) is 0 Å². The summed E-state index contributed by atoms with van der Waals surface area (Å²) in [5, 5.41) is 10.0. The molecule has 8 nitrogen and oxygen atoms in total. The van der Waals surface area contributed by atoms with Crippen LogP contribution in [0.1, 0.15) is 0 Å². The molecule has 0 fully saturated rings. The topological polar surface area (TPSA) is 155 Å². The first kappa shape index (κ1) is 18.1. The fourth-order valence-electron chi connectivity index (χ4n) is 2.80. The highest BCUT2D eigenvalue weighted by Crippen LogP contribution is 2.42. The van der Waals surface area contributed by atoms with E-state index in [1.165, 1.54) is 36.4 Å². The summed E-state index contributed by atoms with van der Waals surface area (Å²) >= 11 is 0. The van der Waals surface area contributed by atoms with Crippen LogP contribution in [0.5, 0.6) is 5.75 Å². The molecule has 0 bridgehead atoms. The van der Waals surface area contributed by atoms with Crippen molar-refractivity contribution in [3.63, 3.8) is 0 Å². The summed E-state index contributed by atoms with van der Waals surface area (Å²) in [5.74, 6) is -0.351. The zero-order chi connectivity index (χ0) is 19.3. The maximum Gasteiger partial charge on any atom is 0.295 e. The van der Waals surface area contributed by atoms with Gasteiger partial charge in [-0.1, -0.05) is 30.3 Å². The number of hydrogen-bond donors (Lipinski definition) is 4. The molecule has 3 aromatic carbocycles. The van der Waals surface area contributed by atoms with E-state index in [-0.39, 0.29) is 33.3 Å². The lowest BCUT2D eigenvalue weighted by molar-refractivity contribution is 0.480. The van der Waals surface area contributed by atoms with Gasteiger partial charge in [0.15, 0.2) is 0 Å². The highest BCUT2D eigenvalue weighted by atomic mass is 32.2. The Labute approximate surface area is 149 Å². The minimum Gasteiger partial charge on any atom is -0.507 e. The number of nitrogens with two attached hydrogens (primary N) is 1. The fraction of sp³-hybridized carbons (Fsp3) is 0. The van der Waals surface area contributed by atoms with Crippen LogP contribution in [0.4, 0.5) is 5.69 Å². The summed E-state index contributed by atoms with van der Waals surface area (Å²) in [5.41, 5.74) is 5.79. The number of nitrogen functional groups attached to an aromatic ring is 1. The molecule has 3 aromatic rings. The van der Waals surface area contributed by atoms with Crippen LogP contribution in [-0.2, 0) is 20.2 Å². The third kappa shape index (κ3) is 2.99. The van der Waals surface area contributed by atoms with Crippen molar-refractivity contribution >= 4 is 36.7 Å². The molecule has 0 saturated carbocycles. The van der Waals surface area contributed by atoms with Crippen molar-refractivity contribution in [1.82, 2.24) is 0 Å². The molecule has 26 heavy (non-hydrogen) atoms. The highest BCUT2D eigenvalue weighted by molar-refractivity contribution is 7.86. The van der Waals surface area contributed by atoms with Crippen molar-refractivity contribution in [2.75, 3.05) is 5.73 Å². The number of fused-ring (bicyclic) bond motifs is 1. The first-order chi connectivity index (χ1) is 12.0. The molecule has 10 heteroatoms. The van der Waals surface area contributed by atoms with Crippen LogP contribution in [0.2, 0.25) is 0 Å². The highest BCUT2D eigenvalue weighted by Gasteiger charge is 2.24. The van der Waals surface area contributed by atoms with Crippen molar-refractivity contribution in [2.45, 2.75) is 9.79 Å². The molecular weight excluding hydrogens is 382 g/mol. The standard InChI is InChI=1S/C16H13NO7S2/c17-16-11(9-4-1-2-7-13(9)25(19,20)21)8-14(26(22,23)24)10-5-3-6-12(18)15(10)16/h1-8,18H,17H2,(H,19,20,21)(H,22,23,24). The van der Waals surface area contributed by atoms with Crippen LogP contribution < -0.4 is 5.73 Å². The Morgan fingerprint density at radius 1 is 0.769 bits per heavy atom. The molecule has 0 radical (unpaired) electrons. The van der Waals surface area contributed by atoms with E-state index in [2.05, 4.69) is 0 Å². The molecule has 0 atom stereocenters. The smallest absolute Gasteiger partial charge is 0.295 e. The van der Waals surface area contributed by atoms with E-state index in [4.69, 9.17) is 5.73 Å². The number of phenolic OH excluding ortho intramolecular Hbond substituents is 1. The second-order valence-electron chi connectivity index (χ2n) is 5.48. The molecule has 0 amide bonds.